The molecule has 1 aromatic rings. The molecule has 0 radical (unpaired) electrons. The predicted molar refractivity (Wildman–Crippen MR) is 76.6 cm³/mol. The number of carbonyl (C=O) groups is 2. The average Bonchev–Trinajstić information content (AvgIpc) is 2.45. The first-order chi connectivity index (χ1) is 9.95. The summed E-state index contributed by atoms with van der Waals surface area (Å²) in [4.78, 5) is 34.1. The second-order valence-corrected chi connectivity index (χ2v) is 4.21. The molecule has 1 aromatic carbocycles. The Morgan fingerprint density at radius 3 is 2.62 bits per heavy atom. The monoisotopic (exact) mass is 292 g/mol. The smallest absolute Gasteiger partial charge is 0.305 e. The number of likely N-dealkylation sites (N-methyl/N-ethyl adjacent to an activating group) is 1. The molecular weight excluding hydrogens is 276 g/mol. The summed E-state index contributed by atoms with van der Waals surface area (Å²) >= 11 is 0. The maximum Gasteiger partial charge on any atom is 0.305 e. The number of para-hydroxylation sites is 1. The summed E-state index contributed by atoms with van der Waals surface area (Å²) in [5, 5.41) is 19.5. The predicted octanol–water partition coefficient (Wildman–Crippen LogP) is 1.93. The van der Waals surface area contributed by atoms with Crippen molar-refractivity contribution in [2.45, 2.75) is 13.3 Å². The molecule has 1 rings (SSSR count). The van der Waals surface area contributed by atoms with Crippen molar-refractivity contribution in [3.05, 3.63) is 46.0 Å². The number of benzene rings is 1. The van der Waals surface area contributed by atoms with Gasteiger partial charge in [0.25, 0.3) is 5.69 Å². The number of aliphatic carboxylic acids is 1. The molecule has 0 aromatic heterocycles. The van der Waals surface area contributed by atoms with Crippen LogP contribution in [0, 0.1) is 10.1 Å². The lowest BCUT2D eigenvalue weighted by Gasteiger charge is -2.17. The van der Waals surface area contributed by atoms with Gasteiger partial charge in [0.05, 0.1) is 16.9 Å². The van der Waals surface area contributed by atoms with Gasteiger partial charge in [-0.15, -0.1) is 0 Å². The topological polar surface area (TPSA) is 101 Å². The van der Waals surface area contributed by atoms with E-state index in [1.54, 1.807) is 19.1 Å². The zero-order chi connectivity index (χ0) is 15.8. The highest BCUT2D eigenvalue weighted by Gasteiger charge is 2.12. The lowest BCUT2D eigenvalue weighted by molar-refractivity contribution is -0.385. The molecule has 1 N–H and O–H groups in total. The summed E-state index contributed by atoms with van der Waals surface area (Å²) in [6.07, 6.45) is 2.44. The Morgan fingerprint density at radius 2 is 2.05 bits per heavy atom. The van der Waals surface area contributed by atoms with Gasteiger partial charge in [0, 0.05) is 25.2 Å². The van der Waals surface area contributed by atoms with E-state index in [1.807, 2.05) is 0 Å². The van der Waals surface area contributed by atoms with Gasteiger partial charge in [-0.05, 0) is 19.1 Å². The first kappa shape index (κ1) is 16.4. The highest BCUT2D eigenvalue weighted by molar-refractivity contribution is 5.92. The highest BCUT2D eigenvalue weighted by Crippen LogP contribution is 2.18. The summed E-state index contributed by atoms with van der Waals surface area (Å²) in [5.41, 5.74) is 0.236. The van der Waals surface area contributed by atoms with Crippen LogP contribution in [-0.4, -0.2) is 39.9 Å². The minimum absolute atomic E-state index is 0.0878. The number of nitro groups is 1. The number of rotatable bonds is 7. The minimum Gasteiger partial charge on any atom is -0.481 e. The SMILES string of the molecule is CCN(CCC(=O)O)C(=O)/C=C/c1ccccc1[N+](=O)[O-]. The molecule has 0 unspecified atom stereocenters. The summed E-state index contributed by atoms with van der Waals surface area (Å²) in [5.74, 6) is -1.36. The molecule has 0 spiro atoms. The van der Waals surface area contributed by atoms with Crippen molar-refractivity contribution in [2.75, 3.05) is 13.1 Å². The van der Waals surface area contributed by atoms with Crippen molar-refractivity contribution >= 4 is 23.6 Å². The number of carbonyl (C=O) groups excluding carboxylic acids is 1. The molecule has 0 fully saturated rings. The van der Waals surface area contributed by atoms with Gasteiger partial charge < -0.3 is 10.0 Å². The highest BCUT2D eigenvalue weighted by atomic mass is 16.6. The summed E-state index contributed by atoms with van der Waals surface area (Å²) in [6.45, 7) is 2.21. The van der Waals surface area contributed by atoms with Gasteiger partial charge in [-0.25, -0.2) is 0 Å². The largest absolute Gasteiger partial charge is 0.481 e. The van der Waals surface area contributed by atoms with Crippen LogP contribution in [0.25, 0.3) is 6.08 Å². The van der Waals surface area contributed by atoms with Crippen LogP contribution in [0.5, 0.6) is 0 Å². The normalized spacial score (nSPS) is 10.5. The Bertz CT molecular complexity index is 568. The van der Waals surface area contributed by atoms with Crippen LogP contribution in [0.4, 0.5) is 5.69 Å². The van der Waals surface area contributed by atoms with Gasteiger partial charge in [-0.3, -0.25) is 19.7 Å². The van der Waals surface area contributed by atoms with E-state index in [0.717, 1.165) is 0 Å². The van der Waals surface area contributed by atoms with Crippen LogP contribution in [0.15, 0.2) is 30.3 Å². The summed E-state index contributed by atoms with van der Waals surface area (Å²) in [6, 6.07) is 6.07. The maximum atomic E-state index is 11.9. The Labute approximate surface area is 121 Å². The third-order valence-electron chi connectivity index (χ3n) is 2.83. The summed E-state index contributed by atoms with van der Waals surface area (Å²) < 4.78 is 0. The number of hydrogen-bond acceptors (Lipinski definition) is 4. The van der Waals surface area contributed by atoms with E-state index in [1.165, 1.54) is 29.2 Å². The number of carboxylic acids is 1. The van der Waals surface area contributed by atoms with Gasteiger partial charge in [-0.2, -0.15) is 0 Å². The number of nitro benzene ring substituents is 1. The van der Waals surface area contributed by atoms with Crippen LogP contribution >= 0.6 is 0 Å². The van der Waals surface area contributed by atoms with Crippen molar-refractivity contribution in [3.63, 3.8) is 0 Å². The summed E-state index contributed by atoms with van der Waals surface area (Å²) in [7, 11) is 0. The Morgan fingerprint density at radius 1 is 1.38 bits per heavy atom. The molecule has 0 saturated carbocycles. The van der Waals surface area contributed by atoms with Gasteiger partial charge in [-0.1, -0.05) is 12.1 Å². The van der Waals surface area contributed by atoms with Gasteiger partial charge in [0.1, 0.15) is 0 Å². The Hall–Kier alpha value is -2.70. The molecule has 21 heavy (non-hydrogen) atoms. The molecule has 1 amide bonds. The first-order valence-electron chi connectivity index (χ1n) is 6.38. The second kappa shape index (κ2) is 7.78. The van der Waals surface area contributed by atoms with E-state index in [2.05, 4.69) is 0 Å². The number of nitrogens with zero attached hydrogens (tertiary/aromatic N) is 2. The number of amides is 1. The van der Waals surface area contributed by atoms with Gasteiger partial charge in [0.15, 0.2) is 0 Å². The molecule has 0 aliphatic carbocycles. The van der Waals surface area contributed by atoms with E-state index in [0.29, 0.717) is 12.1 Å². The molecule has 112 valence electrons. The lowest BCUT2D eigenvalue weighted by atomic mass is 10.1. The quantitative estimate of drug-likeness (QED) is 0.470. The molecule has 0 saturated heterocycles. The fraction of sp³-hybridized carbons (Fsp3) is 0.286. The van der Waals surface area contributed by atoms with E-state index in [4.69, 9.17) is 5.11 Å². The fourth-order valence-corrected chi connectivity index (χ4v) is 1.72. The van der Waals surface area contributed by atoms with Crippen LogP contribution in [0.3, 0.4) is 0 Å². The molecular formula is C14H16N2O5. The molecule has 0 heterocycles. The van der Waals surface area contributed by atoms with E-state index in [9.17, 15) is 19.7 Å². The van der Waals surface area contributed by atoms with Crippen molar-refractivity contribution in [1.82, 2.24) is 4.90 Å². The minimum atomic E-state index is -0.982. The third kappa shape index (κ3) is 5.06. The zero-order valence-corrected chi connectivity index (χ0v) is 11.6. The van der Waals surface area contributed by atoms with Crippen LogP contribution < -0.4 is 0 Å². The van der Waals surface area contributed by atoms with Crippen LogP contribution in [0.2, 0.25) is 0 Å². The van der Waals surface area contributed by atoms with Crippen LogP contribution in [0.1, 0.15) is 18.9 Å². The number of carboxylic acid groups (broad SMARTS) is 1. The Kier molecular flexibility index (Phi) is 6.06. The molecule has 7 heteroatoms. The van der Waals surface area contributed by atoms with Gasteiger partial charge in [0.2, 0.25) is 5.91 Å². The number of hydrogen-bond donors (Lipinski definition) is 1. The van der Waals surface area contributed by atoms with Crippen LogP contribution in [-0.2, 0) is 9.59 Å². The van der Waals surface area contributed by atoms with Crippen molar-refractivity contribution < 1.29 is 19.6 Å². The zero-order valence-electron chi connectivity index (χ0n) is 11.6. The molecule has 0 aliphatic rings. The van der Waals surface area contributed by atoms with Crippen molar-refractivity contribution in [3.8, 4) is 0 Å². The van der Waals surface area contributed by atoms with Gasteiger partial charge >= 0.3 is 5.97 Å². The van der Waals surface area contributed by atoms with E-state index < -0.39 is 10.9 Å². The van der Waals surface area contributed by atoms with Crippen molar-refractivity contribution in [1.29, 1.82) is 0 Å². The molecule has 0 atom stereocenters. The standard InChI is InChI=1S/C14H16N2O5/c1-2-15(10-9-14(18)19)13(17)8-7-11-5-3-4-6-12(11)16(20)21/h3-8H,2,9-10H2,1H3,(H,18,19)/b8-7+. The third-order valence-corrected chi connectivity index (χ3v) is 2.83. The average molecular weight is 292 g/mol. The molecule has 0 bridgehead atoms. The Balaban J connectivity index is 2.81. The fourth-order valence-electron chi connectivity index (χ4n) is 1.72. The maximum absolute atomic E-state index is 11.9. The lowest BCUT2D eigenvalue weighted by Crippen LogP contribution is -2.31. The van der Waals surface area contributed by atoms with Crippen molar-refractivity contribution in [2.24, 2.45) is 0 Å². The van der Waals surface area contributed by atoms with E-state index in [-0.39, 0.29) is 24.6 Å². The first-order valence-corrected chi connectivity index (χ1v) is 6.38. The molecule has 0 aliphatic heterocycles. The van der Waals surface area contributed by atoms with E-state index >= 15 is 0 Å². The molecule has 7 nitrogen and oxygen atoms in total. The second-order valence-electron chi connectivity index (χ2n) is 4.21.